The molecule has 5 aromatic carbocycles. The summed E-state index contributed by atoms with van der Waals surface area (Å²) in [5, 5.41) is 45.9. The van der Waals surface area contributed by atoms with Gasteiger partial charge in [-0.1, -0.05) is 0 Å². The van der Waals surface area contributed by atoms with Crippen molar-refractivity contribution >= 4 is 136 Å². The first-order chi connectivity index (χ1) is 22.2. The van der Waals surface area contributed by atoms with Crippen molar-refractivity contribution in [1.29, 1.82) is 0 Å². The second-order valence-corrected chi connectivity index (χ2v) is 12.3. The van der Waals surface area contributed by atoms with Gasteiger partial charge in [-0.05, 0) is 78.9 Å². The molecule has 17 nitrogen and oxygen atoms in total. The quantitative estimate of drug-likeness (QED) is 0.0301. The molecule has 0 aromatic heterocycles. The van der Waals surface area contributed by atoms with Crippen molar-refractivity contribution in [3.63, 3.8) is 0 Å². The topological polar surface area (TPSA) is 272 Å². The van der Waals surface area contributed by atoms with Gasteiger partial charge in [-0.15, -0.1) is 10.2 Å². The smallest absolute Gasteiger partial charge is 0.296 e. The summed E-state index contributed by atoms with van der Waals surface area (Å²) in [4.78, 5) is 9.22. The first-order valence-corrected chi connectivity index (χ1v) is 15.8. The number of hydrogen-bond acceptors (Lipinski definition) is 14. The summed E-state index contributed by atoms with van der Waals surface area (Å²) in [6.07, 6.45) is 0. The number of nitro benzene ring substituents is 1. The Bertz CT molecular complexity index is 2340. The van der Waals surface area contributed by atoms with Crippen LogP contribution in [-0.4, -0.2) is 95.1 Å². The molecule has 0 bridgehead atoms. The summed E-state index contributed by atoms with van der Waals surface area (Å²) < 4.78 is 66.1. The van der Waals surface area contributed by atoms with Gasteiger partial charge in [0.05, 0.1) is 38.3 Å². The van der Waals surface area contributed by atoms with Crippen molar-refractivity contribution in [2.24, 2.45) is 30.7 Å². The van der Waals surface area contributed by atoms with Crippen LogP contribution in [0, 0.1) is 10.1 Å². The van der Waals surface area contributed by atoms with E-state index in [0.29, 0.717) is 11.4 Å². The Hall–Kier alpha value is -4.02. The molecule has 0 aliphatic rings. The standard InChI is InChI=1S/C28H20N8O9S2.2Na/c29-24-14-13-22-23(26(24)34-32-18-5-9-20(10-6-18)36(38)39)15-25(47(43,44)45)27(28(22)37)35-33-17-3-1-16(2-4-17)30-31-19-7-11-21(12-8-19)46(40,41)42;;/h1-15,37H,29H2,(H,40,41,42)(H,43,44,45);;. The molecule has 5 aromatic rings. The number of non-ortho nitro benzene ring substituents is 1. The van der Waals surface area contributed by atoms with Gasteiger partial charge in [0.25, 0.3) is 25.9 Å². The van der Waals surface area contributed by atoms with Crippen LogP contribution in [0.5, 0.6) is 5.75 Å². The van der Waals surface area contributed by atoms with E-state index in [1.165, 1.54) is 72.8 Å². The Morgan fingerprint density at radius 3 is 1.47 bits per heavy atom. The number of nitrogens with two attached hydrogens (primary N) is 1. The third-order valence-corrected chi connectivity index (χ3v) is 8.11. The molecule has 5 N–H and O–H groups in total. The average Bonchev–Trinajstić information content (AvgIpc) is 3.02. The van der Waals surface area contributed by atoms with Crippen molar-refractivity contribution < 1.29 is 36.0 Å². The van der Waals surface area contributed by atoms with Gasteiger partial charge >= 0.3 is 0 Å². The van der Waals surface area contributed by atoms with Crippen LogP contribution in [0.25, 0.3) is 10.8 Å². The van der Waals surface area contributed by atoms with E-state index in [9.17, 15) is 36.6 Å². The van der Waals surface area contributed by atoms with E-state index < -0.39 is 41.5 Å². The van der Waals surface area contributed by atoms with Crippen LogP contribution in [-0.2, 0) is 20.2 Å². The molecule has 0 heterocycles. The predicted octanol–water partition coefficient (Wildman–Crippen LogP) is 7.01. The van der Waals surface area contributed by atoms with Gasteiger partial charge in [0, 0.05) is 82.0 Å². The summed E-state index contributed by atoms with van der Waals surface area (Å²) in [5.74, 6) is -0.656. The summed E-state index contributed by atoms with van der Waals surface area (Å²) >= 11 is 0. The molecule has 49 heavy (non-hydrogen) atoms. The summed E-state index contributed by atoms with van der Waals surface area (Å²) in [6, 6.07) is 19.8. The number of phenols is 1. The number of aromatic hydroxyl groups is 1. The molecule has 2 radical (unpaired) electrons. The molecule has 0 atom stereocenters. The molecule has 0 fully saturated rings. The number of anilines is 1. The Labute approximate surface area is 321 Å². The minimum absolute atomic E-state index is 0. The minimum atomic E-state index is -4.98. The van der Waals surface area contributed by atoms with E-state index >= 15 is 0 Å². The van der Waals surface area contributed by atoms with E-state index in [2.05, 4.69) is 30.7 Å². The maximum absolute atomic E-state index is 12.4. The first-order valence-electron chi connectivity index (χ1n) is 12.9. The van der Waals surface area contributed by atoms with Crippen LogP contribution < -0.4 is 5.73 Å². The Morgan fingerprint density at radius 2 is 1.02 bits per heavy atom. The van der Waals surface area contributed by atoms with Crippen molar-refractivity contribution in [2.75, 3.05) is 5.73 Å². The third kappa shape index (κ3) is 9.57. The van der Waals surface area contributed by atoms with Crippen molar-refractivity contribution in [3.05, 3.63) is 101 Å². The molecule has 0 saturated carbocycles. The second kappa shape index (κ2) is 16.1. The normalized spacial score (nSPS) is 12.0. The zero-order valence-corrected chi connectivity index (χ0v) is 31.1. The van der Waals surface area contributed by atoms with Crippen LogP contribution in [0.1, 0.15) is 0 Å². The summed E-state index contributed by atoms with van der Waals surface area (Å²) in [7, 11) is -9.32. The molecule has 0 saturated heterocycles. The molecule has 0 spiro atoms. The fraction of sp³-hybridized carbons (Fsp3) is 0. The molecular formula is C28H20N8Na2O9S2. The molecular weight excluding hydrogens is 702 g/mol. The number of nitrogen functional groups attached to an aromatic ring is 1. The van der Waals surface area contributed by atoms with Gasteiger partial charge in [-0.3, -0.25) is 19.2 Å². The van der Waals surface area contributed by atoms with Gasteiger partial charge in [-0.2, -0.15) is 37.3 Å². The molecule has 0 aliphatic heterocycles. The predicted molar refractivity (Wildman–Crippen MR) is 180 cm³/mol. The Balaban J connectivity index is 0.00000325. The maximum Gasteiger partial charge on any atom is 0.296 e. The van der Waals surface area contributed by atoms with Gasteiger partial charge in [0.15, 0.2) is 5.75 Å². The van der Waals surface area contributed by atoms with Gasteiger partial charge < -0.3 is 10.8 Å². The Morgan fingerprint density at radius 1 is 0.592 bits per heavy atom. The summed E-state index contributed by atoms with van der Waals surface area (Å²) in [5.41, 5.74) is 6.42. The molecule has 0 aliphatic carbocycles. The zero-order chi connectivity index (χ0) is 33.9. The largest absolute Gasteiger partial charge is 0.505 e. The van der Waals surface area contributed by atoms with E-state index in [1.807, 2.05) is 0 Å². The molecule has 21 heteroatoms. The average molecular weight is 723 g/mol. The van der Waals surface area contributed by atoms with E-state index in [0.717, 1.165) is 18.2 Å². The minimum Gasteiger partial charge on any atom is -0.505 e. The van der Waals surface area contributed by atoms with E-state index in [1.54, 1.807) is 0 Å². The molecule has 5 rings (SSSR count). The monoisotopic (exact) mass is 722 g/mol. The fourth-order valence-corrected chi connectivity index (χ4v) is 5.20. The molecule has 0 unspecified atom stereocenters. The van der Waals surface area contributed by atoms with Crippen LogP contribution in [0.2, 0.25) is 0 Å². The second-order valence-electron chi connectivity index (χ2n) is 9.50. The summed E-state index contributed by atoms with van der Waals surface area (Å²) in [6.45, 7) is 0. The Kier molecular flexibility index (Phi) is 13.0. The third-order valence-electron chi connectivity index (χ3n) is 6.37. The number of rotatable bonds is 9. The van der Waals surface area contributed by atoms with Gasteiger partial charge in [0.2, 0.25) is 0 Å². The number of benzene rings is 5. The fourth-order valence-electron chi connectivity index (χ4n) is 4.07. The van der Waals surface area contributed by atoms with Crippen LogP contribution in [0.3, 0.4) is 0 Å². The first kappa shape index (κ1) is 39.4. The number of fused-ring (bicyclic) bond motifs is 1. The van der Waals surface area contributed by atoms with Crippen molar-refractivity contribution in [2.45, 2.75) is 9.79 Å². The van der Waals surface area contributed by atoms with Crippen LogP contribution in [0.4, 0.5) is 45.5 Å². The van der Waals surface area contributed by atoms with E-state index in [4.69, 9.17) is 10.3 Å². The molecule has 240 valence electrons. The number of azo groups is 3. The van der Waals surface area contributed by atoms with Crippen LogP contribution in [0.15, 0.2) is 131 Å². The maximum atomic E-state index is 12.4. The number of nitro groups is 1. The van der Waals surface area contributed by atoms with Crippen molar-refractivity contribution in [3.8, 4) is 5.75 Å². The van der Waals surface area contributed by atoms with Gasteiger partial charge in [0.1, 0.15) is 16.3 Å². The van der Waals surface area contributed by atoms with Gasteiger partial charge in [-0.25, -0.2) is 0 Å². The van der Waals surface area contributed by atoms with E-state index in [-0.39, 0.29) is 103 Å². The number of hydrogen-bond donors (Lipinski definition) is 4. The zero-order valence-electron chi connectivity index (χ0n) is 25.5. The number of nitrogens with zero attached hydrogens (tertiary/aromatic N) is 7. The number of phenolic OH excluding ortho intramolecular Hbond substituents is 1. The molecule has 0 amide bonds. The van der Waals surface area contributed by atoms with Crippen molar-refractivity contribution in [1.82, 2.24) is 0 Å². The van der Waals surface area contributed by atoms with Crippen LogP contribution >= 0.6 is 0 Å². The SMILES string of the molecule is Nc1ccc2c(O)c(N=Nc3ccc(N=Nc4ccc(S(=O)(=O)O)cc4)cc3)c(S(=O)(=O)O)cc2c1N=Nc1ccc([N+](=O)[O-])cc1.[Na].[Na].